The second-order valence-electron chi connectivity index (χ2n) is 5.80. The fourth-order valence-corrected chi connectivity index (χ4v) is 3.33. The predicted molar refractivity (Wildman–Crippen MR) is 77.7 cm³/mol. The second-order valence-corrected chi connectivity index (χ2v) is 5.80. The Bertz CT molecular complexity index is 680. The summed E-state index contributed by atoms with van der Waals surface area (Å²) in [6.07, 6.45) is 3.10. The molecule has 0 amide bonds. The van der Waals surface area contributed by atoms with Gasteiger partial charge in [-0.05, 0) is 43.9 Å². The van der Waals surface area contributed by atoms with Gasteiger partial charge in [-0.25, -0.2) is 9.37 Å². The molecule has 1 fully saturated rings. The van der Waals surface area contributed by atoms with Crippen molar-refractivity contribution in [3.8, 4) is 0 Å². The van der Waals surface area contributed by atoms with Crippen LogP contribution in [0.5, 0.6) is 0 Å². The number of rotatable bonds is 4. The first-order valence-electron chi connectivity index (χ1n) is 7.48. The number of nitrogens with zero attached hydrogens (tertiary/aromatic N) is 2. The fourth-order valence-electron chi connectivity index (χ4n) is 3.33. The Morgan fingerprint density at radius 1 is 1.48 bits per heavy atom. The lowest BCUT2D eigenvalue weighted by atomic mass is 10.0. The van der Waals surface area contributed by atoms with Crippen LogP contribution in [0.15, 0.2) is 18.2 Å². The van der Waals surface area contributed by atoms with Gasteiger partial charge in [0.05, 0.1) is 17.0 Å². The molecule has 1 heterocycles. The zero-order valence-corrected chi connectivity index (χ0v) is 12.1. The number of aromatic nitrogens is 2. The number of halogens is 1. The van der Waals surface area contributed by atoms with Crippen LogP contribution in [0.1, 0.15) is 44.3 Å². The van der Waals surface area contributed by atoms with E-state index in [0.717, 1.165) is 36.2 Å². The molecule has 1 N–H and O–H groups in total. The molecule has 0 saturated heterocycles. The van der Waals surface area contributed by atoms with E-state index in [4.69, 9.17) is 5.11 Å². The van der Waals surface area contributed by atoms with Gasteiger partial charge in [-0.15, -0.1) is 0 Å². The van der Waals surface area contributed by atoms with Crippen LogP contribution in [0.25, 0.3) is 11.0 Å². The van der Waals surface area contributed by atoms with E-state index in [2.05, 4.69) is 16.5 Å². The summed E-state index contributed by atoms with van der Waals surface area (Å²) >= 11 is 0. The summed E-state index contributed by atoms with van der Waals surface area (Å²) in [5.74, 6) is -0.182. The maximum Gasteiger partial charge on any atom is 0.306 e. The van der Waals surface area contributed by atoms with E-state index in [1.54, 1.807) is 6.07 Å². The maximum atomic E-state index is 13.5. The molecule has 3 rings (SSSR count). The summed E-state index contributed by atoms with van der Waals surface area (Å²) in [5.41, 5.74) is 1.60. The highest BCUT2D eigenvalue weighted by Crippen LogP contribution is 2.39. The number of benzene rings is 1. The first-order valence-corrected chi connectivity index (χ1v) is 7.48. The molecule has 1 aromatic heterocycles. The van der Waals surface area contributed by atoms with Crippen molar-refractivity contribution in [2.45, 2.75) is 45.1 Å². The topological polar surface area (TPSA) is 55.1 Å². The molecule has 112 valence electrons. The Morgan fingerprint density at radius 3 is 2.95 bits per heavy atom. The highest BCUT2D eigenvalue weighted by atomic mass is 19.1. The molecule has 1 saturated carbocycles. The molecule has 1 aliphatic carbocycles. The smallest absolute Gasteiger partial charge is 0.306 e. The van der Waals surface area contributed by atoms with E-state index in [9.17, 15) is 9.18 Å². The van der Waals surface area contributed by atoms with Crippen LogP contribution in [0.4, 0.5) is 4.39 Å². The molecule has 0 aliphatic heterocycles. The molecule has 0 spiro atoms. The van der Waals surface area contributed by atoms with Crippen LogP contribution >= 0.6 is 0 Å². The number of fused-ring (bicyclic) bond motifs is 1. The quantitative estimate of drug-likeness (QED) is 0.936. The molecule has 1 aromatic carbocycles. The Labute approximate surface area is 122 Å². The van der Waals surface area contributed by atoms with E-state index >= 15 is 0 Å². The first-order chi connectivity index (χ1) is 10.1. The summed E-state index contributed by atoms with van der Waals surface area (Å²) in [7, 11) is 0. The lowest BCUT2D eigenvalue weighted by Crippen LogP contribution is -2.11. The van der Waals surface area contributed by atoms with Crippen molar-refractivity contribution in [1.29, 1.82) is 0 Å². The lowest BCUT2D eigenvalue weighted by Gasteiger charge is -2.13. The SMILES string of the molecule is CCCn1c(C2CCC(C(=O)O)C2)nc2ccc(F)cc21. The van der Waals surface area contributed by atoms with Crippen molar-refractivity contribution in [2.75, 3.05) is 0 Å². The lowest BCUT2D eigenvalue weighted by molar-refractivity contribution is -0.141. The van der Waals surface area contributed by atoms with Gasteiger partial charge in [0, 0.05) is 12.5 Å². The Balaban J connectivity index is 2.01. The monoisotopic (exact) mass is 290 g/mol. The van der Waals surface area contributed by atoms with E-state index < -0.39 is 5.97 Å². The van der Waals surface area contributed by atoms with E-state index in [1.165, 1.54) is 12.1 Å². The summed E-state index contributed by atoms with van der Waals surface area (Å²) in [6.45, 7) is 2.85. The third-order valence-corrected chi connectivity index (χ3v) is 4.33. The number of carbonyl (C=O) groups is 1. The van der Waals surface area contributed by atoms with E-state index in [-0.39, 0.29) is 17.7 Å². The van der Waals surface area contributed by atoms with Crippen molar-refractivity contribution in [2.24, 2.45) is 5.92 Å². The van der Waals surface area contributed by atoms with Gasteiger partial charge in [0.1, 0.15) is 11.6 Å². The predicted octanol–water partition coefficient (Wildman–Crippen LogP) is 3.55. The standard InChI is InChI=1S/C16H19FN2O2/c1-2-7-19-14-9-12(17)5-6-13(14)18-15(19)10-3-4-11(8-10)16(20)21/h5-6,9-11H,2-4,7-8H2,1H3,(H,20,21). The normalized spacial score (nSPS) is 22.0. The van der Waals surface area contributed by atoms with Crippen molar-refractivity contribution >= 4 is 17.0 Å². The van der Waals surface area contributed by atoms with Gasteiger partial charge in [0.2, 0.25) is 0 Å². The van der Waals surface area contributed by atoms with Crippen molar-refractivity contribution in [3.63, 3.8) is 0 Å². The van der Waals surface area contributed by atoms with Crippen LogP contribution in [-0.2, 0) is 11.3 Å². The molecule has 0 bridgehead atoms. The van der Waals surface area contributed by atoms with Gasteiger partial charge in [-0.3, -0.25) is 4.79 Å². The number of hydrogen-bond acceptors (Lipinski definition) is 2. The highest BCUT2D eigenvalue weighted by Gasteiger charge is 2.33. The second kappa shape index (κ2) is 5.47. The maximum absolute atomic E-state index is 13.5. The number of aliphatic carboxylic acids is 1. The number of carboxylic acid groups (broad SMARTS) is 1. The molecule has 1 aliphatic rings. The summed E-state index contributed by atoms with van der Waals surface area (Å²) < 4.78 is 15.6. The Morgan fingerprint density at radius 2 is 2.29 bits per heavy atom. The molecule has 5 heteroatoms. The molecule has 21 heavy (non-hydrogen) atoms. The molecular weight excluding hydrogens is 271 g/mol. The number of aryl methyl sites for hydroxylation is 1. The Hall–Kier alpha value is -1.91. The van der Waals surface area contributed by atoms with Crippen LogP contribution in [-0.4, -0.2) is 20.6 Å². The Kier molecular flexibility index (Phi) is 3.66. The minimum Gasteiger partial charge on any atom is -0.481 e. The first kappa shape index (κ1) is 14.0. The van der Waals surface area contributed by atoms with Gasteiger partial charge in [0.25, 0.3) is 0 Å². The van der Waals surface area contributed by atoms with Crippen LogP contribution in [0.3, 0.4) is 0 Å². The fraction of sp³-hybridized carbons (Fsp3) is 0.500. The van der Waals surface area contributed by atoms with Gasteiger partial charge in [-0.1, -0.05) is 6.92 Å². The van der Waals surface area contributed by atoms with Gasteiger partial charge in [-0.2, -0.15) is 0 Å². The average molecular weight is 290 g/mol. The largest absolute Gasteiger partial charge is 0.481 e. The van der Waals surface area contributed by atoms with Crippen LogP contribution < -0.4 is 0 Å². The molecule has 2 unspecified atom stereocenters. The van der Waals surface area contributed by atoms with Gasteiger partial charge < -0.3 is 9.67 Å². The van der Waals surface area contributed by atoms with Crippen molar-refractivity contribution in [1.82, 2.24) is 9.55 Å². The van der Waals surface area contributed by atoms with E-state index in [1.807, 2.05) is 0 Å². The summed E-state index contributed by atoms with van der Waals surface area (Å²) in [5, 5.41) is 9.15. The van der Waals surface area contributed by atoms with Crippen molar-refractivity contribution < 1.29 is 14.3 Å². The number of carboxylic acids is 1. The minimum atomic E-state index is -0.721. The van der Waals surface area contributed by atoms with E-state index in [0.29, 0.717) is 12.8 Å². The third kappa shape index (κ3) is 2.52. The molecular formula is C16H19FN2O2. The minimum absolute atomic E-state index is 0.160. The number of hydrogen-bond donors (Lipinski definition) is 1. The third-order valence-electron chi connectivity index (χ3n) is 4.33. The zero-order chi connectivity index (χ0) is 15.0. The number of imidazole rings is 1. The molecule has 4 nitrogen and oxygen atoms in total. The van der Waals surface area contributed by atoms with Crippen LogP contribution in [0, 0.1) is 11.7 Å². The van der Waals surface area contributed by atoms with Crippen LogP contribution in [0.2, 0.25) is 0 Å². The van der Waals surface area contributed by atoms with Crippen molar-refractivity contribution in [3.05, 3.63) is 29.8 Å². The summed E-state index contributed by atoms with van der Waals surface area (Å²) in [6, 6.07) is 4.64. The average Bonchev–Trinajstić information content (AvgIpc) is 3.04. The van der Waals surface area contributed by atoms with Gasteiger partial charge in [0.15, 0.2) is 0 Å². The highest BCUT2D eigenvalue weighted by molar-refractivity contribution is 5.76. The molecule has 2 atom stereocenters. The molecule has 2 aromatic rings. The van der Waals surface area contributed by atoms with Gasteiger partial charge >= 0.3 is 5.97 Å². The molecule has 0 radical (unpaired) electrons. The summed E-state index contributed by atoms with van der Waals surface area (Å²) in [4.78, 5) is 15.8. The zero-order valence-electron chi connectivity index (χ0n) is 12.1.